The van der Waals surface area contributed by atoms with Crippen molar-refractivity contribution >= 4 is 17.3 Å². The Morgan fingerprint density at radius 2 is 1.73 bits per heavy atom. The van der Waals surface area contributed by atoms with Crippen molar-refractivity contribution in [2.75, 3.05) is 32.7 Å². The van der Waals surface area contributed by atoms with Crippen LogP contribution in [0.1, 0.15) is 18.1 Å². The number of methoxy groups -OCH3 is 1. The molecule has 1 amide bonds. The van der Waals surface area contributed by atoms with Crippen molar-refractivity contribution in [2.24, 2.45) is 5.16 Å². The number of hydrogen-bond donors (Lipinski definition) is 1. The first-order chi connectivity index (χ1) is 12.5. The lowest BCUT2D eigenvalue weighted by atomic mass is 10.1. The highest BCUT2D eigenvalue weighted by Crippen LogP contribution is 2.13. The van der Waals surface area contributed by atoms with Crippen molar-refractivity contribution < 1.29 is 14.4 Å². The number of benzene rings is 2. The lowest BCUT2D eigenvalue weighted by Crippen LogP contribution is -2.26. The van der Waals surface area contributed by atoms with Crippen molar-refractivity contribution in [3.8, 4) is 5.75 Å². The van der Waals surface area contributed by atoms with Crippen molar-refractivity contribution in [3.63, 3.8) is 0 Å². The fourth-order valence-electron chi connectivity index (χ4n) is 2.24. The molecule has 6 nitrogen and oxygen atoms in total. The van der Waals surface area contributed by atoms with Gasteiger partial charge < -0.3 is 19.8 Å². The summed E-state index contributed by atoms with van der Waals surface area (Å²) in [5.41, 5.74) is 3.75. The number of hydrogen-bond acceptors (Lipinski definition) is 5. The van der Waals surface area contributed by atoms with Crippen LogP contribution >= 0.6 is 0 Å². The molecule has 0 bridgehead atoms. The predicted molar refractivity (Wildman–Crippen MR) is 104 cm³/mol. The molecule has 0 aliphatic carbocycles. The van der Waals surface area contributed by atoms with E-state index in [2.05, 4.69) is 10.5 Å². The average Bonchev–Trinajstić information content (AvgIpc) is 2.66. The molecule has 0 spiro atoms. The molecule has 0 saturated carbocycles. The minimum atomic E-state index is -0.215. The molecule has 0 aromatic heterocycles. The minimum absolute atomic E-state index is 0.122. The highest BCUT2D eigenvalue weighted by Gasteiger charge is 2.04. The molecular weight excluding hydrogens is 330 g/mol. The van der Waals surface area contributed by atoms with Crippen LogP contribution in [0.25, 0.3) is 0 Å². The number of oxime groups is 1. The normalized spacial score (nSPS) is 11.0. The van der Waals surface area contributed by atoms with E-state index in [4.69, 9.17) is 9.57 Å². The summed E-state index contributed by atoms with van der Waals surface area (Å²) in [5, 5.41) is 6.80. The molecular formula is C20H25N3O3. The monoisotopic (exact) mass is 355 g/mol. The van der Waals surface area contributed by atoms with Gasteiger partial charge in [0, 0.05) is 26.3 Å². The van der Waals surface area contributed by atoms with Crippen LogP contribution in [0.15, 0.2) is 53.7 Å². The Morgan fingerprint density at radius 3 is 2.31 bits per heavy atom. The minimum Gasteiger partial charge on any atom is -0.497 e. The Balaban J connectivity index is 1.77. The zero-order chi connectivity index (χ0) is 18.9. The lowest BCUT2D eigenvalue weighted by Gasteiger charge is -2.12. The van der Waals surface area contributed by atoms with Gasteiger partial charge in [0.05, 0.1) is 12.8 Å². The molecule has 0 atom stereocenters. The summed E-state index contributed by atoms with van der Waals surface area (Å²) in [5.74, 6) is 0.563. The van der Waals surface area contributed by atoms with Crippen LogP contribution in [0.2, 0.25) is 0 Å². The molecule has 0 unspecified atom stereocenters. The second-order valence-corrected chi connectivity index (χ2v) is 6.02. The number of ether oxygens (including phenoxy) is 1. The SMILES string of the molecule is COc1ccc(C(C)=NOCC(=O)NCc2ccc(N(C)C)cc2)cc1. The summed E-state index contributed by atoms with van der Waals surface area (Å²) in [7, 11) is 5.60. The van der Waals surface area contributed by atoms with Gasteiger partial charge in [-0.25, -0.2) is 0 Å². The third-order valence-electron chi connectivity index (χ3n) is 3.85. The number of rotatable bonds is 8. The average molecular weight is 355 g/mol. The summed E-state index contributed by atoms with van der Waals surface area (Å²) in [6, 6.07) is 15.5. The van der Waals surface area contributed by atoms with Gasteiger partial charge in [-0.05, 0) is 54.4 Å². The molecule has 0 saturated heterocycles. The standard InChI is InChI=1S/C20H25N3O3/c1-15(17-7-11-19(25-4)12-8-17)22-26-14-20(24)21-13-16-5-9-18(10-6-16)23(2)3/h5-12H,13-14H2,1-4H3,(H,21,24). The first-order valence-corrected chi connectivity index (χ1v) is 8.33. The summed E-state index contributed by atoms with van der Waals surface area (Å²) >= 11 is 0. The third kappa shape index (κ3) is 5.81. The molecule has 2 rings (SSSR count). The van der Waals surface area contributed by atoms with E-state index in [1.165, 1.54) is 0 Å². The fraction of sp³-hybridized carbons (Fsp3) is 0.300. The van der Waals surface area contributed by atoms with Crippen molar-refractivity contribution in [2.45, 2.75) is 13.5 Å². The Kier molecular flexibility index (Phi) is 7.02. The van der Waals surface area contributed by atoms with Crippen LogP contribution in [0.4, 0.5) is 5.69 Å². The molecule has 6 heteroatoms. The first kappa shape index (κ1) is 19.3. The Hall–Kier alpha value is -3.02. The van der Waals surface area contributed by atoms with E-state index in [0.717, 1.165) is 22.6 Å². The topological polar surface area (TPSA) is 63.2 Å². The predicted octanol–water partition coefficient (Wildman–Crippen LogP) is 2.82. The number of carbonyl (C=O) groups excluding carboxylic acids is 1. The van der Waals surface area contributed by atoms with Gasteiger partial charge in [-0.3, -0.25) is 4.79 Å². The van der Waals surface area contributed by atoms with E-state index in [0.29, 0.717) is 12.3 Å². The third-order valence-corrected chi connectivity index (χ3v) is 3.85. The highest BCUT2D eigenvalue weighted by atomic mass is 16.6. The molecule has 138 valence electrons. The van der Waals surface area contributed by atoms with Crippen molar-refractivity contribution in [1.82, 2.24) is 5.32 Å². The zero-order valence-electron chi connectivity index (χ0n) is 15.7. The summed E-state index contributed by atoms with van der Waals surface area (Å²) < 4.78 is 5.12. The maximum absolute atomic E-state index is 11.9. The lowest BCUT2D eigenvalue weighted by molar-refractivity contribution is -0.125. The molecule has 1 N–H and O–H groups in total. The second-order valence-electron chi connectivity index (χ2n) is 6.02. The Morgan fingerprint density at radius 1 is 1.08 bits per heavy atom. The number of carbonyl (C=O) groups is 1. The quantitative estimate of drug-likeness (QED) is 0.584. The van der Waals surface area contributed by atoms with Gasteiger partial charge >= 0.3 is 0 Å². The summed E-state index contributed by atoms with van der Waals surface area (Å²) in [4.78, 5) is 19.0. The van der Waals surface area contributed by atoms with Gasteiger partial charge in [0.15, 0.2) is 6.61 Å². The van der Waals surface area contributed by atoms with Crippen LogP contribution in [-0.2, 0) is 16.2 Å². The molecule has 0 fully saturated rings. The number of nitrogens with zero attached hydrogens (tertiary/aromatic N) is 2. The van der Waals surface area contributed by atoms with E-state index in [9.17, 15) is 4.79 Å². The van der Waals surface area contributed by atoms with Gasteiger partial charge in [0.2, 0.25) is 0 Å². The zero-order valence-corrected chi connectivity index (χ0v) is 15.7. The van der Waals surface area contributed by atoms with Gasteiger partial charge in [-0.1, -0.05) is 17.3 Å². The van der Waals surface area contributed by atoms with Gasteiger partial charge in [0.25, 0.3) is 5.91 Å². The Labute approximate surface area is 154 Å². The largest absolute Gasteiger partial charge is 0.497 e. The van der Waals surface area contributed by atoms with E-state index in [-0.39, 0.29) is 12.5 Å². The maximum Gasteiger partial charge on any atom is 0.261 e. The van der Waals surface area contributed by atoms with E-state index < -0.39 is 0 Å². The van der Waals surface area contributed by atoms with Gasteiger partial charge in [0.1, 0.15) is 5.75 Å². The van der Waals surface area contributed by atoms with Crippen molar-refractivity contribution in [3.05, 3.63) is 59.7 Å². The molecule has 0 aliphatic rings. The van der Waals surface area contributed by atoms with Gasteiger partial charge in [-0.15, -0.1) is 0 Å². The molecule has 2 aromatic carbocycles. The highest BCUT2D eigenvalue weighted by molar-refractivity contribution is 5.98. The van der Waals surface area contributed by atoms with Crippen LogP contribution < -0.4 is 15.0 Å². The van der Waals surface area contributed by atoms with Crippen molar-refractivity contribution in [1.29, 1.82) is 0 Å². The maximum atomic E-state index is 11.9. The Bertz CT molecular complexity index is 738. The second kappa shape index (κ2) is 9.46. The molecule has 2 aromatic rings. The fourth-order valence-corrected chi connectivity index (χ4v) is 2.24. The van der Waals surface area contributed by atoms with E-state index >= 15 is 0 Å². The smallest absolute Gasteiger partial charge is 0.261 e. The van der Waals surface area contributed by atoms with E-state index in [1.807, 2.05) is 74.4 Å². The van der Waals surface area contributed by atoms with Crippen LogP contribution in [0.3, 0.4) is 0 Å². The molecule has 0 radical (unpaired) electrons. The molecule has 0 aliphatic heterocycles. The number of amides is 1. The molecule has 0 heterocycles. The van der Waals surface area contributed by atoms with E-state index in [1.54, 1.807) is 7.11 Å². The number of nitrogens with one attached hydrogen (secondary N) is 1. The van der Waals surface area contributed by atoms with Crippen LogP contribution in [-0.4, -0.2) is 39.4 Å². The first-order valence-electron chi connectivity index (χ1n) is 8.33. The van der Waals surface area contributed by atoms with Crippen LogP contribution in [0.5, 0.6) is 5.75 Å². The summed E-state index contributed by atoms with van der Waals surface area (Å²) in [6.45, 7) is 2.16. The van der Waals surface area contributed by atoms with Crippen LogP contribution in [0, 0.1) is 0 Å². The molecule has 26 heavy (non-hydrogen) atoms. The summed E-state index contributed by atoms with van der Waals surface area (Å²) in [6.07, 6.45) is 0. The number of anilines is 1. The van der Waals surface area contributed by atoms with Gasteiger partial charge in [-0.2, -0.15) is 0 Å².